The van der Waals surface area contributed by atoms with Gasteiger partial charge in [-0.15, -0.1) is 0 Å². The summed E-state index contributed by atoms with van der Waals surface area (Å²) in [6, 6.07) is 7.56. The van der Waals surface area contributed by atoms with Crippen molar-refractivity contribution in [3.05, 3.63) is 65.1 Å². The van der Waals surface area contributed by atoms with Crippen molar-refractivity contribution in [3.8, 4) is 11.6 Å². The van der Waals surface area contributed by atoms with Gasteiger partial charge in [-0.1, -0.05) is 96.4 Å². The fourth-order valence-corrected chi connectivity index (χ4v) is 2.83. The van der Waals surface area contributed by atoms with E-state index in [-0.39, 0.29) is 41.9 Å². The lowest BCUT2D eigenvalue weighted by atomic mass is 10.1. The predicted octanol–water partition coefficient (Wildman–Crippen LogP) is 11.9. The van der Waals surface area contributed by atoms with Crippen LogP contribution in [0, 0.1) is 11.3 Å². The van der Waals surface area contributed by atoms with E-state index < -0.39 is 24.1 Å². The van der Waals surface area contributed by atoms with Crippen LogP contribution in [0.5, 0.6) is 11.6 Å². The molecule has 4 nitrogen and oxygen atoms in total. The highest BCUT2D eigenvalue weighted by Gasteiger charge is 2.64. The summed E-state index contributed by atoms with van der Waals surface area (Å²) in [6.45, 7) is 20.4. The van der Waals surface area contributed by atoms with Gasteiger partial charge in [-0.2, -0.15) is 18.2 Å². The van der Waals surface area contributed by atoms with Crippen LogP contribution in [-0.4, -0.2) is 28.7 Å². The molecule has 250 valence electrons. The lowest BCUT2D eigenvalue weighted by Crippen LogP contribution is -2.30. The van der Waals surface area contributed by atoms with Gasteiger partial charge in [-0.05, 0) is 67.8 Å². The molecule has 2 aromatic rings. The minimum Gasteiger partial charge on any atom is -0.486 e. The number of alkyl halides is 5. The number of rotatable bonds is 10. The number of hydrogen-bond donors (Lipinski definition) is 0. The van der Waals surface area contributed by atoms with E-state index in [0.717, 1.165) is 29.5 Å². The van der Waals surface area contributed by atoms with Gasteiger partial charge >= 0.3 is 6.18 Å². The number of hydrogen-bond acceptors (Lipinski definition) is 4. The van der Waals surface area contributed by atoms with Gasteiger partial charge in [0.1, 0.15) is 18.6 Å². The lowest BCUT2D eigenvalue weighted by molar-refractivity contribution is -0.194. The van der Waals surface area contributed by atoms with Crippen LogP contribution in [0.15, 0.2) is 48.7 Å². The van der Waals surface area contributed by atoms with Crippen LogP contribution in [0.25, 0.3) is 5.57 Å². The molecule has 1 aromatic heterocycles. The summed E-state index contributed by atoms with van der Waals surface area (Å²) in [4.78, 5) is 7.70. The second-order valence-electron chi connectivity index (χ2n) is 11.3. The average molecular weight is 649 g/mol. The number of halogens is 6. The third-order valence-electron chi connectivity index (χ3n) is 6.92. The molecule has 1 fully saturated rings. The van der Waals surface area contributed by atoms with Gasteiger partial charge in [-0.3, -0.25) is 0 Å². The molecular weight excluding hydrogens is 599 g/mol. The van der Waals surface area contributed by atoms with Crippen LogP contribution in [0.4, 0.5) is 22.0 Å². The summed E-state index contributed by atoms with van der Waals surface area (Å²) in [5, 5.41) is -0.0769. The van der Waals surface area contributed by atoms with Crippen LogP contribution < -0.4 is 9.47 Å². The van der Waals surface area contributed by atoms with E-state index in [4.69, 9.17) is 21.1 Å². The van der Waals surface area contributed by atoms with Gasteiger partial charge in [0.15, 0.2) is 5.75 Å². The quantitative estimate of drug-likeness (QED) is 0.146. The van der Waals surface area contributed by atoms with Gasteiger partial charge in [0.2, 0.25) is 5.28 Å². The highest BCUT2D eigenvalue weighted by atomic mass is 35.5. The second kappa shape index (κ2) is 19.7. The Balaban J connectivity index is 0.000000893. The Hall–Kier alpha value is -2.68. The highest BCUT2D eigenvalue weighted by Crippen LogP contribution is 2.57. The molecular formula is C34H50ClF5N2O2. The third-order valence-corrected chi connectivity index (χ3v) is 7.10. The summed E-state index contributed by atoms with van der Waals surface area (Å²) in [7, 11) is 0. The maximum absolute atomic E-state index is 13.1. The fraction of sp³-hybridized carbons (Fsp3) is 0.588. The van der Waals surface area contributed by atoms with Crippen molar-refractivity contribution in [2.45, 2.75) is 113 Å². The van der Waals surface area contributed by atoms with E-state index in [1.807, 2.05) is 31.2 Å². The van der Waals surface area contributed by atoms with Crippen molar-refractivity contribution in [1.82, 2.24) is 9.97 Å². The molecule has 0 saturated heterocycles. The molecule has 1 aromatic carbocycles. The van der Waals surface area contributed by atoms with E-state index in [0.29, 0.717) is 0 Å². The molecule has 0 amide bonds. The van der Waals surface area contributed by atoms with Crippen molar-refractivity contribution >= 4 is 17.2 Å². The maximum atomic E-state index is 13.1. The maximum Gasteiger partial charge on any atom is 0.397 e. The summed E-state index contributed by atoms with van der Waals surface area (Å²) in [6.07, 6.45) is 2.39. The number of benzene rings is 1. The Labute approximate surface area is 266 Å². The first kappa shape index (κ1) is 41.3. The zero-order valence-electron chi connectivity index (χ0n) is 27.7. The van der Waals surface area contributed by atoms with Crippen molar-refractivity contribution < 1.29 is 31.4 Å². The van der Waals surface area contributed by atoms with Crippen molar-refractivity contribution in [2.24, 2.45) is 11.3 Å². The zero-order valence-corrected chi connectivity index (χ0v) is 28.4. The van der Waals surface area contributed by atoms with Crippen LogP contribution in [0.1, 0.15) is 106 Å². The minimum atomic E-state index is -4.30. The number of aromatic nitrogens is 2. The van der Waals surface area contributed by atoms with E-state index in [2.05, 4.69) is 51.2 Å². The largest absolute Gasteiger partial charge is 0.486 e. The molecule has 3 rings (SSSR count). The molecule has 0 N–H and O–H groups in total. The fourth-order valence-electron chi connectivity index (χ4n) is 2.70. The molecule has 1 heterocycles. The van der Waals surface area contributed by atoms with Crippen LogP contribution in [0.2, 0.25) is 5.28 Å². The van der Waals surface area contributed by atoms with Gasteiger partial charge in [-0.25, -0.2) is 13.8 Å². The van der Waals surface area contributed by atoms with Crippen molar-refractivity contribution in [3.63, 3.8) is 0 Å². The van der Waals surface area contributed by atoms with Crippen LogP contribution in [-0.2, 0) is 6.61 Å². The molecule has 0 atom stereocenters. The topological polar surface area (TPSA) is 44.2 Å². The molecule has 44 heavy (non-hydrogen) atoms. The first-order chi connectivity index (χ1) is 20.4. The van der Waals surface area contributed by atoms with E-state index in [1.165, 1.54) is 38.5 Å². The standard InChI is InChI=1S/C19H18ClF3N2O2.C6H10F2.C5H12.C4H10/c1-12(2)14-5-3-13(4-6-14)10-26-16-15(9-24-17(20)25-16)27-11-18(7-8-18)19(21,22)23;1-4-5(2)6(3,7)8;1-4-5(2)3;1-3-4-2/h3-6,9H,1,7-8,10-11H2,2H3;4H,1-3H3;5H,4H2,1-3H3;3-4H2,1-2H3/b;5-4+;;. The SMILES string of the molecule is C/C=C(\C)C(C)(F)F.C=C(C)c1ccc(COc2nc(Cl)ncc2OCC2(C(F)(F)F)CC2)cc1.CCC(C)C.CCCC. The number of nitrogens with zero attached hydrogens (tertiary/aromatic N) is 2. The molecule has 0 aliphatic heterocycles. The van der Waals surface area contributed by atoms with E-state index >= 15 is 0 Å². The Morgan fingerprint density at radius 1 is 1.02 bits per heavy atom. The Morgan fingerprint density at radius 3 is 1.89 bits per heavy atom. The molecule has 0 radical (unpaired) electrons. The monoisotopic (exact) mass is 648 g/mol. The summed E-state index contributed by atoms with van der Waals surface area (Å²) < 4.78 is 74.2. The Kier molecular flexibility index (Phi) is 18.5. The Morgan fingerprint density at radius 2 is 1.55 bits per heavy atom. The first-order valence-corrected chi connectivity index (χ1v) is 15.4. The number of unbranched alkanes of at least 4 members (excludes halogenated alkanes) is 1. The normalized spacial score (nSPS) is 13.8. The minimum absolute atomic E-state index is 0.0111. The lowest BCUT2D eigenvalue weighted by Gasteiger charge is -2.20. The molecule has 1 saturated carbocycles. The number of ether oxygens (including phenoxy) is 2. The first-order valence-electron chi connectivity index (χ1n) is 15.0. The van der Waals surface area contributed by atoms with Gasteiger partial charge in [0.05, 0.1) is 6.20 Å². The van der Waals surface area contributed by atoms with E-state index in [9.17, 15) is 22.0 Å². The molecule has 0 spiro atoms. The van der Waals surface area contributed by atoms with Gasteiger partial charge in [0.25, 0.3) is 11.8 Å². The summed E-state index contributed by atoms with van der Waals surface area (Å²) in [5.41, 5.74) is 1.14. The van der Waals surface area contributed by atoms with Crippen molar-refractivity contribution in [1.29, 1.82) is 0 Å². The average Bonchev–Trinajstić information content (AvgIpc) is 3.77. The van der Waals surface area contributed by atoms with Gasteiger partial charge in [0, 0.05) is 6.92 Å². The smallest absolute Gasteiger partial charge is 0.397 e. The number of allylic oxidation sites excluding steroid dienone is 3. The summed E-state index contributed by atoms with van der Waals surface area (Å²) >= 11 is 5.78. The zero-order chi connectivity index (χ0) is 34.1. The van der Waals surface area contributed by atoms with Crippen LogP contribution >= 0.6 is 11.6 Å². The van der Waals surface area contributed by atoms with Gasteiger partial charge < -0.3 is 9.47 Å². The van der Waals surface area contributed by atoms with Crippen LogP contribution in [0.3, 0.4) is 0 Å². The third kappa shape index (κ3) is 15.9. The molecule has 1 aliphatic rings. The highest BCUT2D eigenvalue weighted by molar-refractivity contribution is 6.28. The summed E-state index contributed by atoms with van der Waals surface area (Å²) in [5.74, 6) is -1.70. The molecule has 0 bridgehead atoms. The Bertz CT molecular complexity index is 1140. The second-order valence-corrected chi connectivity index (χ2v) is 11.6. The molecule has 0 unspecified atom stereocenters. The predicted molar refractivity (Wildman–Crippen MR) is 172 cm³/mol. The van der Waals surface area contributed by atoms with E-state index in [1.54, 1.807) is 6.92 Å². The molecule has 10 heteroatoms. The van der Waals surface area contributed by atoms with Crippen molar-refractivity contribution in [2.75, 3.05) is 6.61 Å². The molecule has 1 aliphatic carbocycles.